The Balaban J connectivity index is 1.52. The fourth-order valence-corrected chi connectivity index (χ4v) is 2.79. The van der Waals surface area contributed by atoms with Gasteiger partial charge in [0.15, 0.2) is 11.5 Å². The van der Waals surface area contributed by atoms with Gasteiger partial charge < -0.3 is 14.4 Å². The molecule has 2 aromatic rings. The molecule has 0 bridgehead atoms. The molecule has 2 heterocycles. The van der Waals surface area contributed by atoms with Crippen LogP contribution in [0.25, 0.3) is 0 Å². The van der Waals surface area contributed by atoms with E-state index in [0.717, 1.165) is 36.7 Å². The summed E-state index contributed by atoms with van der Waals surface area (Å²) >= 11 is 0. The second-order valence-corrected chi connectivity index (χ2v) is 5.78. The lowest BCUT2D eigenvalue weighted by atomic mass is 10.0. The summed E-state index contributed by atoms with van der Waals surface area (Å²) in [4.78, 5) is 2.31. The molecule has 1 atom stereocenters. The fourth-order valence-electron chi connectivity index (χ4n) is 2.79. The first-order valence-corrected chi connectivity index (χ1v) is 7.26. The van der Waals surface area contributed by atoms with Crippen LogP contribution in [-0.4, -0.2) is 35.5 Å². The van der Waals surface area contributed by atoms with E-state index < -0.39 is 0 Å². The second kappa shape index (κ2) is 6.18. The van der Waals surface area contributed by atoms with Crippen molar-refractivity contribution >= 4 is 0 Å². The SMILES string of the molecule is CC(Cc1ccc2c(c1)OCO2)CN(C)Cc1ccn[nH]1. The summed E-state index contributed by atoms with van der Waals surface area (Å²) in [5.74, 6) is 2.28. The predicted octanol–water partition coefficient (Wildman–Crippen LogP) is 2.45. The third kappa shape index (κ3) is 3.55. The van der Waals surface area contributed by atoms with Crippen LogP contribution in [-0.2, 0) is 13.0 Å². The number of hydrogen-bond acceptors (Lipinski definition) is 4. The monoisotopic (exact) mass is 287 g/mol. The molecule has 0 fully saturated rings. The quantitative estimate of drug-likeness (QED) is 0.886. The number of hydrogen-bond donors (Lipinski definition) is 1. The number of H-pyrrole nitrogens is 1. The van der Waals surface area contributed by atoms with E-state index in [0.29, 0.717) is 12.7 Å². The standard InChI is InChI=1S/C16H21N3O2/c1-12(9-19(2)10-14-5-6-17-18-14)7-13-3-4-15-16(8-13)21-11-20-15/h3-6,8,12H,7,9-11H2,1-2H3,(H,17,18). The van der Waals surface area contributed by atoms with Crippen molar-refractivity contribution in [1.29, 1.82) is 0 Å². The van der Waals surface area contributed by atoms with Crippen molar-refractivity contribution in [2.45, 2.75) is 19.9 Å². The van der Waals surface area contributed by atoms with Gasteiger partial charge in [-0.3, -0.25) is 5.10 Å². The van der Waals surface area contributed by atoms with Crippen LogP contribution in [0.3, 0.4) is 0 Å². The Labute approximate surface area is 124 Å². The molecule has 1 unspecified atom stereocenters. The number of aromatic amines is 1. The molecule has 112 valence electrons. The van der Waals surface area contributed by atoms with Gasteiger partial charge in [-0.05, 0) is 43.1 Å². The average Bonchev–Trinajstić information content (AvgIpc) is 3.08. The first kappa shape index (κ1) is 13.9. The van der Waals surface area contributed by atoms with Crippen molar-refractivity contribution in [3.05, 3.63) is 41.7 Å². The number of nitrogens with zero attached hydrogens (tertiary/aromatic N) is 2. The molecule has 5 heteroatoms. The molecule has 3 rings (SSSR count). The van der Waals surface area contributed by atoms with E-state index in [1.165, 1.54) is 5.56 Å². The Hall–Kier alpha value is -2.01. The minimum atomic E-state index is 0.335. The van der Waals surface area contributed by atoms with Crippen LogP contribution in [0.5, 0.6) is 11.5 Å². The fraction of sp³-hybridized carbons (Fsp3) is 0.438. The minimum absolute atomic E-state index is 0.335. The smallest absolute Gasteiger partial charge is 0.231 e. The van der Waals surface area contributed by atoms with Crippen LogP contribution in [0.15, 0.2) is 30.5 Å². The number of aromatic nitrogens is 2. The molecular weight excluding hydrogens is 266 g/mol. The van der Waals surface area contributed by atoms with E-state index in [-0.39, 0.29) is 0 Å². The summed E-state index contributed by atoms with van der Waals surface area (Å²) in [6.07, 6.45) is 2.82. The summed E-state index contributed by atoms with van der Waals surface area (Å²) < 4.78 is 10.8. The average molecular weight is 287 g/mol. The summed E-state index contributed by atoms with van der Waals surface area (Å²) in [5.41, 5.74) is 2.44. The summed E-state index contributed by atoms with van der Waals surface area (Å²) in [6.45, 7) is 4.54. The number of rotatable bonds is 6. The van der Waals surface area contributed by atoms with Gasteiger partial charge in [-0.25, -0.2) is 0 Å². The van der Waals surface area contributed by atoms with Gasteiger partial charge in [0.05, 0.1) is 0 Å². The molecule has 1 aliphatic heterocycles. The zero-order valence-electron chi connectivity index (χ0n) is 12.5. The normalized spacial score (nSPS) is 14.6. The number of benzene rings is 1. The van der Waals surface area contributed by atoms with Crippen molar-refractivity contribution in [3.63, 3.8) is 0 Å². The molecular formula is C16H21N3O2. The van der Waals surface area contributed by atoms with Crippen LogP contribution >= 0.6 is 0 Å². The molecule has 21 heavy (non-hydrogen) atoms. The topological polar surface area (TPSA) is 50.4 Å². The van der Waals surface area contributed by atoms with Crippen LogP contribution in [0.4, 0.5) is 0 Å². The number of ether oxygens (including phenoxy) is 2. The van der Waals surface area contributed by atoms with Crippen LogP contribution < -0.4 is 9.47 Å². The van der Waals surface area contributed by atoms with E-state index in [4.69, 9.17) is 9.47 Å². The number of nitrogens with one attached hydrogen (secondary N) is 1. The summed E-state index contributed by atoms with van der Waals surface area (Å²) in [7, 11) is 2.14. The van der Waals surface area contributed by atoms with Gasteiger partial charge in [-0.1, -0.05) is 13.0 Å². The van der Waals surface area contributed by atoms with E-state index in [1.54, 1.807) is 6.20 Å². The Morgan fingerprint density at radius 1 is 1.29 bits per heavy atom. The van der Waals surface area contributed by atoms with Crippen molar-refractivity contribution in [2.75, 3.05) is 20.4 Å². The van der Waals surface area contributed by atoms with Crippen molar-refractivity contribution in [3.8, 4) is 11.5 Å². The van der Waals surface area contributed by atoms with Gasteiger partial charge in [-0.15, -0.1) is 0 Å². The Kier molecular flexibility index (Phi) is 4.10. The van der Waals surface area contributed by atoms with E-state index in [2.05, 4.69) is 41.2 Å². The maximum atomic E-state index is 5.43. The molecule has 1 aromatic carbocycles. The van der Waals surface area contributed by atoms with Crippen molar-refractivity contribution in [1.82, 2.24) is 15.1 Å². The molecule has 5 nitrogen and oxygen atoms in total. The first-order valence-electron chi connectivity index (χ1n) is 7.26. The first-order chi connectivity index (χ1) is 10.2. The third-order valence-corrected chi connectivity index (χ3v) is 3.64. The molecule has 0 amide bonds. The largest absolute Gasteiger partial charge is 0.454 e. The van der Waals surface area contributed by atoms with Gasteiger partial charge in [0.25, 0.3) is 0 Å². The molecule has 0 saturated carbocycles. The van der Waals surface area contributed by atoms with Crippen molar-refractivity contribution < 1.29 is 9.47 Å². The van der Waals surface area contributed by atoms with E-state index >= 15 is 0 Å². The Morgan fingerprint density at radius 3 is 2.95 bits per heavy atom. The minimum Gasteiger partial charge on any atom is -0.454 e. The maximum Gasteiger partial charge on any atom is 0.231 e. The van der Waals surface area contributed by atoms with Gasteiger partial charge >= 0.3 is 0 Å². The van der Waals surface area contributed by atoms with Crippen LogP contribution in [0.1, 0.15) is 18.2 Å². The molecule has 0 radical (unpaired) electrons. The van der Waals surface area contributed by atoms with Gasteiger partial charge in [0, 0.05) is 25.0 Å². The lowest BCUT2D eigenvalue weighted by Crippen LogP contribution is -2.25. The highest BCUT2D eigenvalue weighted by Crippen LogP contribution is 2.33. The number of fused-ring (bicyclic) bond motifs is 1. The Bertz CT molecular complexity index is 583. The Morgan fingerprint density at radius 2 is 2.14 bits per heavy atom. The predicted molar refractivity (Wildman–Crippen MR) is 80.4 cm³/mol. The highest BCUT2D eigenvalue weighted by Gasteiger charge is 2.15. The highest BCUT2D eigenvalue weighted by molar-refractivity contribution is 5.44. The van der Waals surface area contributed by atoms with Gasteiger partial charge in [-0.2, -0.15) is 5.10 Å². The van der Waals surface area contributed by atoms with Crippen LogP contribution in [0, 0.1) is 5.92 Å². The molecule has 1 aromatic heterocycles. The lowest BCUT2D eigenvalue weighted by Gasteiger charge is -2.20. The van der Waals surface area contributed by atoms with E-state index in [1.807, 2.05) is 12.1 Å². The summed E-state index contributed by atoms with van der Waals surface area (Å²) in [6, 6.07) is 8.23. The second-order valence-electron chi connectivity index (χ2n) is 5.78. The van der Waals surface area contributed by atoms with Gasteiger partial charge in [0.2, 0.25) is 6.79 Å². The maximum absolute atomic E-state index is 5.43. The zero-order valence-corrected chi connectivity index (χ0v) is 12.5. The molecule has 0 saturated heterocycles. The molecule has 0 aliphatic carbocycles. The molecule has 0 spiro atoms. The molecule has 1 aliphatic rings. The van der Waals surface area contributed by atoms with Crippen LogP contribution in [0.2, 0.25) is 0 Å². The summed E-state index contributed by atoms with van der Waals surface area (Å²) in [5, 5.41) is 6.98. The lowest BCUT2D eigenvalue weighted by molar-refractivity contribution is 0.174. The highest BCUT2D eigenvalue weighted by atomic mass is 16.7. The third-order valence-electron chi connectivity index (χ3n) is 3.64. The van der Waals surface area contributed by atoms with E-state index in [9.17, 15) is 0 Å². The van der Waals surface area contributed by atoms with Crippen molar-refractivity contribution in [2.24, 2.45) is 5.92 Å². The zero-order chi connectivity index (χ0) is 14.7. The van der Waals surface area contributed by atoms with Gasteiger partial charge in [0.1, 0.15) is 0 Å². The molecule has 1 N–H and O–H groups in total.